The van der Waals surface area contributed by atoms with E-state index in [1.165, 1.54) is 12.1 Å². The number of rotatable bonds is 6. The highest BCUT2D eigenvalue weighted by Gasteiger charge is 2.25. The molecule has 1 amide bonds. The van der Waals surface area contributed by atoms with E-state index in [0.717, 1.165) is 24.9 Å². The van der Waals surface area contributed by atoms with Crippen molar-refractivity contribution in [1.82, 2.24) is 4.90 Å². The highest BCUT2D eigenvalue weighted by molar-refractivity contribution is 5.79. The van der Waals surface area contributed by atoms with Crippen molar-refractivity contribution >= 4 is 5.91 Å². The molecule has 1 saturated heterocycles. The molecule has 0 saturated carbocycles. The summed E-state index contributed by atoms with van der Waals surface area (Å²) in [6.07, 6.45) is 1.90. The summed E-state index contributed by atoms with van der Waals surface area (Å²) in [5.74, 6) is 0.490. The number of nitrogens with zero attached hydrogens (tertiary/aromatic N) is 1. The van der Waals surface area contributed by atoms with Gasteiger partial charge >= 0.3 is 6.61 Å². The summed E-state index contributed by atoms with van der Waals surface area (Å²) in [5, 5.41) is 8.91. The molecule has 1 aliphatic heterocycles. The minimum absolute atomic E-state index is 0.0259. The molecule has 0 aromatic heterocycles. The van der Waals surface area contributed by atoms with Gasteiger partial charge in [-0.05, 0) is 36.5 Å². The van der Waals surface area contributed by atoms with Crippen molar-refractivity contribution in [2.75, 3.05) is 19.7 Å². The predicted octanol–water partition coefficient (Wildman–Crippen LogP) is 2.06. The number of amides is 1. The second-order valence-electron chi connectivity index (χ2n) is 5.21. The van der Waals surface area contributed by atoms with Crippen molar-refractivity contribution in [1.29, 1.82) is 0 Å². The van der Waals surface area contributed by atoms with E-state index in [1.807, 2.05) is 0 Å². The zero-order chi connectivity index (χ0) is 15.2. The Morgan fingerprint density at radius 2 is 2.10 bits per heavy atom. The summed E-state index contributed by atoms with van der Waals surface area (Å²) in [7, 11) is 0. The summed E-state index contributed by atoms with van der Waals surface area (Å²) in [5.41, 5.74) is 0.771. The number of halogens is 2. The maximum atomic E-state index is 12.1. The number of aliphatic hydroxyl groups excluding tert-OH is 1. The van der Waals surface area contributed by atoms with Crippen molar-refractivity contribution in [2.45, 2.75) is 25.9 Å². The molecule has 116 valence electrons. The molecule has 1 atom stereocenters. The van der Waals surface area contributed by atoms with Crippen molar-refractivity contribution in [3.63, 3.8) is 0 Å². The van der Waals surface area contributed by atoms with Gasteiger partial charge in [-0.1, -0.05) is 12.1 Å². The van der Waals surface area contributed by atoms with Crippen molar-refractivity contribution in [3.8, 4) is 5.75 Å². The van der Waals surface area contributed by atoms with Crippen LogP contribution in [0.5, 0.6) is 5.75 Å². The molecule has 1 fully saturated rings. The fourth-order valence-corrected chi connectivity index (χ4v) is 2.55. The van der Waals surface area contributed by atoms with E-state index < -0.39 is 6.61 Å². The SMILES string of the molecule is O=C(Cc1ccc(OC(F)F)cc1)N1CCC(CCO)C1. The normalized spacial score (nSPS) is 18.3. The van der Waals surface area contributed by atoms with Gasteiger partial charge in [0.05, 0.1) is 6.42 Å². The van der Waals surface area contributed by atoms with Gasteiger partial charge in [-0.15, -0.1) is 0 Å². The van der Waals surface area contributed by atoms with E-state index >= 15 is 0 Å². The summed E-state index contributed by atoms with van der Waals surface area (Å²) in [4.78, 5) is 13.9. The van der Waals surface area contributed by atoms with Crippen LogP contribution in [0.1, 0.15) is 18.4 Å². The molecule has 4 nitrogen and oxygen atoms in total. The molecule has 1 aliphatic rings. The summed E-state index contributed by atoms with van der Waals surface area (Å²) in [6, 6.07) is 6.12. The molecule has 1 aromatic rings. The van der Waals surface area contributed by atoms with Gasteiger partial charge in [0, 0.05) is 19.7 Å². The molecule has 1 aromatic carbocycles. The number of alkyl halides is 2. The third-order valence-electron chi connectivity index (χ3n) is 3.68. The van der Waals surface area contributed by atoms with Crippen LogP contribution in [0.15, 0.2) is 24.3 Å². The van der Waals surface area contributed by atoms with Gasteiger partial charge < -0.3 is 14.7 Å². The van der Waals surface area contributed by atoms with Crippen LogP contribution >= 0.6 is 0 Å². The molecule has 2 rings (SSSR count). The Labute approximate surface area is 122 Å². The van der Waals surface area contributed by atoms with Crippen LogP contribution in [-0.4, -0.2) is 42.2 Å². The number of aliphatic hydroxyl groups is 1. The van der Waals surface area contributed by atoms with E-state index in [-0.39, 0.29) is 24.7 Å². The smallest absolute Gasteiger partial charge is 0.387 e. The molecule has 6 heteroatoms. The van der Waals surface area contributed by atoms with E-state index in [9.17, 15) is 13.6 Å². The van der Waals surface area contributed by atoms with E-state index in [1.54, 1.807) is 17.0 Å². The lowest BCUT2D eigenvalue weighted by atomic mass is 10.1. The quantitative estimate of drug-likeness (QED) is 0.875. The molecule has 0 aliphatic carbocycles. The number of hydrogen-bond donors (Lipinski definition) is 1. The first-order valence-electron chi connectivity index (χ1n) is 7.01. The molecular formula is C15H19F2NO3. The van der Waals surface area contributed by atoms with Crippen LogP contribution in [0, 0.1) is 5.92 Å². The lowest BCUT2D eigenvalue weighted by Gasteiger charge is -2.16. The van der Waals surface area contributed by atoms with Gasteiger partial charge in [0.15, 0.2) is 0 Å². The molecular weight excluding hydrogens is 280 g/mol. The lowest BCUT2D eigenvalue weighted by Crippen LogP contribution is -2.30. The fraction of sp³-hybridized carbons (Fsp3) is 0.533. The van der Waals surface area contributed by atoms with E-state index in [4.69, 9.17) is 5.11 Å². The fourth-order valence-electron chi connectivity index (χ4n) is 2.55. The average molecular weight is 299 g/mol. The number of hydrogen-bond acceptors (Lipinski definition) is 3. The molecule has 1 unspecified atom stereocenters. The molecule has 0 bridgehead atoms. The average Bonchev–Trinajstić information content (AvgIpc) is 2.89. The molecule has 21 heavy (non-hydrogen) atoms. The predicted molar refractivity (Wildman–Crippen MR) is 73.2 cm³/mol. The summed E-state index contributed by atoms with van der Waals surface area (Å²) < 4.78 is 28.3. The zero-order valence-electron chi connectivity index (χ0n) is 11.7. The third-order valence-corrected chi connectivity index (χ3v) is 3.68. The molecule has 1 heterocycles. The molecule has 0 spiro atoms. The van der Waals surface area contributed by atoms with E-state index in [2.05, 4.69) is 4.74 Å². The van der Waals surface area contributed by atoms with Crippen molar-refractivity contribution < 1.29 is 23.4 Å². The summed E-state index contributed by atoms with van der Waals surface area (Å²) in [6.45, 7) is -1.29. The van der Waals surface area contributed by atoms with E-state index in [0.29, 0.717) is 12.5 Å². The molecule has 0 radical (unpaired) electrons. The standard InChI is InChI=1S/C15H19F2NO3/c16-15(17)21-13-3-1-11(2-4-13)9-14(20)18-7-5-12(10-18)6-8-19/h1-4,12,15,19H,5-10H2. The molecule has 1 N–H and O–H groups in total. The van der Waals surface area contributed by atoms with Gasteiger partial charge in [0.1, 0.15) is 5.75 Å². The first-order chi connectivity index (χ1) is 10.1. The number of carbonyl (C=O) groups is 1. The summed E-state index contributed by atoms with van der Waals surface area (Å²) >= 11 is 0. The van der Waals surface area contributed by atoms with Crippen molar-refractivity contribution in [2.24, 2.45) is 5.92 Å². The second-order valence-corrected chi connectivity index (χ2v) is 5.21. The van der Waals surface area contributed by atoms with Gasteiger partial charge in [-0.2, -0.15) is 8.78 Å². The monoisotopic (exact) mass is 299 g/mol. The van der Waals surface area contributed by atoms with Gasteiger partial charge in [-0.3, -0.25) is 4.79 Å². The van der Waals surface area contributed by atoms with Gasteiger partial charge in [-0.25, -0.2) is 0 Å². The number of ether oxygens (including phenoxy) is 1. The Hall–Kier alpha value is -1.69. The first kappa shape index (κ1) is 15.7. The Morgan fingerprint density at radius 1 is 1.38 bits per heavy atom. The van der Waals surface area contributed by atoms with Gasteiger partial charge in [0.2, 0.25) is 5.91 Å². The van der Waals surface area contributed by atoms with Crippen LogP contribution in [-0.2, 0) is 11.2 Å². The topological polar surface area (TPSA) is 49.8 Å². The lowest BCUT2D eigenvalue weighted by molar-refractivity contribution is -0.129. The number of benzene rings is 1. The minimum Gasteiger partial charge on any atom is -0.435 e. The Bertz CT molecular complexity index is 464. The van der Waals surface area contributed by atoms with Crippen molar-refractivity contribution in [3.05, 3.63) is 29.8 Å². The second kappa shape index (κ2) is 7.36. The highest BCUT2D eigenvalue weighted by atomic mass is 19.3. The number of carbonyl (C=O) groups excluding carboxylic acids is 1. The zero-order valence-corrected chi connectivity index (χ0v) is 11.7. The Kier molecular flexibility index (Phi) is 5.50. The maximum absolute atomic E-state index is 12.1. The third kappa shape index (κ3) is 4.67. The highest BCUT2D eigenvalue weighted by Crippen LogP contribution is 2.21. The minimum atomic E-state index is -2.84. The van der Waals surface area contributed by atoms with Crippen LogP contribution in [0.4, 0.5) is 8.78 Å². The largest absolute Gasteiger partial charge is 0.435 e. The maximum Gasteiger partial charge on any atom is 0.387 e. The Balaban J connectivity index is 1.85. The van der Waals surface area contributed by atoms with Crippen LogP contribution in [0.2, 0.25) is 0 Å². The first-order valence-corrected chi connectivity index (χ1v) is 7.01. The van der Waals surface area contributed by atoms with Crippen LogP contribution in [0.3, 0.4) is 0 Å². The number of likely N-dealkylation sites (tertiary alicyclic amines) is 1. The van der Waals surface area contributed by atoms with Crippen LogP contribution < -0.4 is 4.74 Å². The van der Waals surface area contributed by atoms with Crippen LogP contribution in [0.25, 0.3) is 0 Å². The Morgan fingerprint density at radius 3 is 2.71 bits per heavy atom. The van der Waals surface area contributed by atoms with Gasteiger partial charge in [0.25, 0.3) is 0 Å².